The predicted molar refractivity (Wildman–Crippen MR) is 130 cm³/mol. The van der Waals surface area contributed by atoms with E-state index in [4.69, 9.17) is 0 Å². The van der Waals surface area contributed by atoms with Gasteiger partial charge in [-0.05, 0) is 55.3 Å². The van der Waals surface area contributed by atoms with Crippen molar-refractivity contribution in [2.24, 2.45) is 0 Å². The van der Waals surface area contributed by atoms with E-state index in [9.17, 15) is 0 Å². The fourth-order valence-electron chi connectivity index (χ4n) is 4.61. The number of hydrogen-bond donors (Lipinski definition) is 0. The number of benzene rings is 3. The second-order valence-electron chi connectivity index (χ2n) is 7.85. The van der Waals surface area contributed by atoms with E-state index in [2.05, 4.69) is 118 Å². The molecule has 0 N–H and O–H groups in total. The van der Waals surface area contributed by atoms with Crippen LogP contribution in [0.25, 0.3) is 11.3 Å². The Balaban J connectivity index is 1.62. The molecule has 2 heterocycles. The van der Waals surface area contributed by atoms with E-state index < -0.39 is 0 Å². The Morgan fingerprint density at radius 1 is 0.750 bits per heavy atom. The number of anilines is 4. The van der Waals surface area contributed by atoms with Crippen LogP contribution in [0.15, 0.2) is 115 Å². The van der Waals surface area contributed by atoms with Crippen molar-refractivity contribution in [2.45, 2.75) is 12.8 Å². The molecule has 3 nitrogen and oxygen atoms in total. The summed E-state index contributed by atoms with van der Waals surface area (Å²) < 4.78 is 0. The third kappa shape index (κ3) is 2.97. The number of para-hydroxylation sites is 4. The largest absolute Gasteiger partial charge is 0.309 e. The van der Waals surface area contributed by atoms with Crippen molar-refractivity contribution in [3.8, 4) is 11.3 Å². The first-order valence-electron chi connectivity index (χ1n) is 10.9. The van der Waals surface area contributed by atoms with Gasteiger partial charge in [0.1, 0.15) is 5.69 Å². The molecule has 0 amide bonds. The van der Waals surface area contributed by atoms with Gasteiger partial charge in [0.25, 0.3) is 0 Å². The molecule has 6 rings (SSSR count). The summed E-state index contributed by atoms with van der Waals surface area (Å²) in [6.45, 7) is 0. The van der Waals surface area contributed by atoms with E-state index in [0.717, 1.165) is 41.2 Å². The van der Waals surface area contributed by atoms with Gasteiger partial charge in [-0.25, -0.2) is 4.98 Å². The second-order valence-corrected chi connectivity index (χ2v) is 7.85. The highest BCUT2D eigenvalue weighted by Gasteiger charge is 2.33. The summed E-state index contributed by atoms with van der Waals surface area (Å²) in [6.07, 6.45) is 8.30. The molecule has 0 saturated heterocycles. The van der Waals surface area contributed by atoms with Crippen LogP contribution in [-0.4, -0.2) is 4.98 Å². The molecule has 0 unspecified atom stereocenters. The van der Waals surface area contributed by atoms with Crippen LogP contribution in [0.2, 0.25) is 0 Å². The summed E-state index contributed by atoms with van der Waals surface area (Å²) in [6, 6.07) is 35.7. The predicted octanol–water partition coefficient (Wildman–Crippen LogP) is 7.20. The van der Waals surface area contributed by atoms with Gasteiger partial charge in [-0.15, -0.1) is 0 Å². The van der Waals surface area contributed by atoms with E-state index >= 15 is 0 Å². The quantitative estimate of drug-likeness (QED) is 0.355. The topological polar surface area (TPSA) is 19.4 Å². The molecule has 0 radical (unpaired) electrons. The maximum Gasteiger partial charge on any atom is 0.122 e. The maximum absolute atomic E-state index is 4.57. The van der Waals surface area contributed by atoms with Gasteiger partial charge in [0.2, 0.25) is 0 Å². The molecule has 4 aromatic rings. The van der Waals surface area contributed by atoms with Crippen LogP contribution < -0.4 is 9.80 Å². The zero-order valence-corrected chi connectivity index (χ0v) is 17.6. The lowest BCUT2D eigenvalue weighted by Crippen LogP contribution is -2.32. The molecule has 0 saturated carbocycles. The van der Waals surface area contributed by atoms with E-state index in [1.54, 1.807) is 12.3 Å². The van der Waals surface area contributed by atoms with E-state index in [1.165, 1.54) is 17.1 Å². The Morgan fingerprint density at radius 2 is 1.47 bits per heavy atom. The number of hydrogen-bond acceptors (Lipinski definition) is 3. The lowest BCUT2D eigenvalue weighted by molar-refractivity contribution is 0.868. The van der Waals surface area contributed by atoms with E-state index in [0.29, 0.717) is 0 Å². The first kappa shape index (κ1) is 18.5. The lowest BCUT2D eigenvalue weighted by Gasteiger charge is -2.43. The van der Waals surface area contributed by atoms with Crippen molar-refractivity contribution in [1.29, 1.82) is 0 Å². The number of fused-ring (bicyclic) bond motifs is 1. The third-order valence-corrected chi connectivity index (χ3v) is 5.96. The SMILES string of the molecule is c1ccnc(-c2ccccc2N2C3=C(C=CCC3)N(c3ccccc3)c3ccccc32)c#1. The Bertz CT molecular complexity index is 1320. The smallest absolute Gasteiger partial charge is 0.122 e. The normalized spacial score (nSPS) is 14.6. The van der Waals surface area contributed by atoms with Crippen LogP contribution in [0, 0.1) is 12.1 Å². The molecule has 3 heteroatoms. The molecule has 0 bridgehead atoms. The minimum absolute atomic E-state index is 0.805. The average Bonchev–Trinajstić information content (AvgIpc) is 2.88. The highest BCUT2D eigenvalue weighted by Crippen LogP contribution is 2.50. The van der Waals surface area contributed by atoms with Crippen LogP contribution in [0.3, 0.4) is 0 Å². The monoisotopic (exact) mass is 411 g/mol. The highest BCUT2D eigenvalue weighted by atomic mass is 15.3. The molecule has 0 fully saturated rings. The van der Waals surface area contributed by atoms with Crippen molar-refractivity contribution >= 4 is 22.7 Å². The van der Waals surface area contributed by atoms with Crippen LogP contribution >= 0.6 is 0 Å². The number of aromatic nitrogens is 1. The van der Waals surface area contributed by atoms with Gasteiger partial charge in [0.15, 0.2) is 0 Å². The average molecular weight is 412 g/mol. The Hall–Kier alpha value is -4.29. The number of rotatable bonds is 3. The van der Waals surface area contributed by atoms with E-state index in [1.807, 2.05) is 0 Å². The molecule has 32 heavy (non-hydrogen) atoms. The summed E-state index contributed by atoms with van der Waals surface area (Å²) in [4.78, 5) is 9.36. The number of nitrogens with zero attached hydrogens (tertiary/aromatic N) is 3. The summed E-state index contributed by atoms with van der Waals surface area (Å²) in [7, 11) is 0. The third-order valence-electron chi connectivity index (χ3n) is 5.96. The maximum atomic E-state index is 4.57. The van der Waals surface area contributed by atoms with Gasteiger partial charge in [-0.3, -0.25) is 0 Å². The van der Waals surface area contributed by atoms with Gasteiger partial charge in [0.05, 0.1) is 22.8 Å². The lowest BCUT2D eigenvalue weighted by atomic mass is 9.97. The zero-order chi connectivity index (χ0) is 21.3. The highest BCUT2D eigenvalue weighted by molar-refractivity contribution is 5.93. The zero-order valence-electron chi connectivity index (χ0n) is 17.6. The molecule has 2 aliphatic rings. The van der Waals surface area contributed by atoms with Crippen LogP contribution in [0.1, 0.15) is 12.8 Å². The van der Waals surface area contributed by atoms with E-state index in [-0.39, 0.29) is 0 Å². The molecular formula is C29H21N3. The van der Waals surface area contributed by atoms with Crippen molar-refractivity contribution < 1.29 is 0 Å². The minimum Gasteiger partial charge on any atom is -0.309 e. The van der Waals surface area contributed by atoms with Crippen molar-refractivity contribution in [3.63, 3.8) is 0 Å². The summed E-state index contributed by atoms with van der Waals surface area (Å²) in [5.74, 6) is 0. The second kappa shape index (κ2) is 7.76. The van der Waals surface area contributed by atoms with Crippen molar-refractivity contribution in [2.75, 3.05) is 9.80 Å². The summed E-state index contributed by atoms with van der Waals surface area (Å²) in [5, 5.41) is 0. The molecule has 1 aliphatic carbocycles. The standard InChI is InChI=1S/C29H21N3/c1-2-12-22(13-3-1)31-26-17-6-8-19-28(26)32(29-20-9-7-18-27(29)31)25-16-5-4-14-23(25)24-15-10-11-21-30-24/h1-8,11-14,16-19,21H,9,20H2. The van der Waals surface area contributed by atoms with Crippen molar-refractivity contribution in [1.82, 2.24) is 4.98 Å². The molecule has 1 aromatic heterocycles. The summed E-state index contributed by atoms with van der Waals surface area (Å²) in [5.41, 5.74) is 8.97. The van der Waals surface area contributed by atoms with Gasteiger partial charge >= 0.3 is 0 Å². The van der Waals surface area contributed by atoms with Crippen LogP contribution in [0.4, 0.5) is 22.7 Å². The Kier molecular flexibility index (Phi) is 4.48. The van der Waals surface area contributed by atoms with Gasteiger partial charge in [-0.2, -0.15) is 0 Å². The summed E-state index contributed by atoms with van der Waals surface area (Å²) >= 11 is 0. The van der Waals surface area contributed by atoms with Crippen LogP contribution in [0.5, 0.6) is 0 Å². The fraction of sp³-hybridized carbons (Fsp3) is 0.0690. The van der Waals surface area contributed by atoms with Crippen molar-refractivity contribution in [3.05, 3.63) is 127 Å². The fourth-order valence-corrected chi connectivity index (χ4v) is 4.61. The molecule has 3 aromatic carbocycles. The molecule has 0 spiro atoms. The van der Waals surface area contributed by atoms with Gasteiger partial charge in [0, 0.05) is 29.2 Å². The first-order chi connectivity index (χ1) is 15.9. The first-order valence-corrected chi connectivity index (χ1v) is 10.9. The molecule has 1 aliphatic heterocycles. The Labute approximate surface area is 188 Å². The molecule has 152 valence electrons. The minimum atomic E-state index is 0.805. The van der Waals surface area contributed by atoms with Gasteiger partial charge < -0.3 is 9.80 Å². The number of allylic oxidation sites excluding steroid dienone is 3. The van der Waals surface area contributed by atoms with Gasteiger partial charge in [-0.1, -0.05) is 60.7 Å². The molecule has 0 atom stereocenters. The van der Waals surface area contributed by atoms with Crippen LogP contribution in [-0.2, 0) is 0 Å². The molecular weight excluding hydrogens is 390 g/mol. The Morgan fingerprint density at radius 3 is 2.25 bits per heavy atom.